The maximum Gasteiger partial charge on any atom is 0.404 e. The van der Waals surface area contributed by atoms with Crippen LogP contribution in [-0.4, -0.2) is 25.4 Å². The van der Waals surface area contributed by atoms with Crippen molar-refractivity contribution in [2.24, 2.45) is 16.9 Å². The smallest absolute Gasteiger partial charge is 0.404 e. The van der Waals surface area contributed by atoms with Gasteiger partial charge in [-0.1, -0.05) is 13.8 Å². The van der Waals surface area contributed by atoms with E-state index in [9.17, 15) is 9.59 Å². The molecule has 0 unspecified atom stereocenters. The van der Waals surface area contributed by atoms with Gasteiger partial charge in [-0.05, 0) is 18.3 Å². The molecular weight excluding hydrogens is 200 g/mol. The van der Waals surface area contributed by atoms with Crippen molar-refractivity contribution in [2.45, 2.75) is 26.7 Å². The minimum atomic E-state index is -0.781. The van der Waals surface area contributed by atoms with E-state index in [0.29, 0.717) is 6.42 Å². The summed E-state index contributed by atoms with van der Waals surface area (Å²) in [4.78, 5) is 20.6. The number of hydrogen-bond acceptors (Lipinski definition) is 4. The lowest BCUT2D eigenvalue weighted by molar-refractivity contribution is 0.0944. The molecule has 0 aromatic rings. The molecule has 0 rings (SSSR count). The normalized spacial score (nSPS) is 10.8. The van der Waals surface area contributed by atoms with Crippen LogP contribution in [0.3, 0.4) is 0 Å². The van der Waals surface area contributed by atoms with Crippen LogP contribution < -0.4 is 11.5 Å². The Hall–Kier alpha value is -1.46. The first-order chi connectivity index (χ1) is 6.83. The maximum absolute atomic E-state index is 10.4. The standard InChI is InChI=1S/C9H18N2O4/c1-9(2,6-15-8(11)13)4-3-5-14-7(10)12/h3-6H2,1-2H3,(H2,10,12)(H2,11,13). The summed E-state index contributed by atoms with van der Waals surface area (Å²) < 4.78 is 9.26. The fourth-order valence-electron chi connectivity index (χ4n) is 1.06. The van der Waals surface area contributed by atoms with E-state index in [2.05, 4.69) is 4.74 Å². The van der Waals surface area contributed by atoms with Crippen LogP contribution in [0.4, 0.5) is 9.59 Å². The first kappa shape index (κ1) is 13.5. The predicted molar refractivity (Wildman–Crippen MR) is 54.1 cm³/mol. The van der Waals surface area contributed by atoms with Crippen molar-refractivity contribution < 1.29 is 19.1 Å². The summed E-state index contributed by atoms with van der Waals surface area (Å²) in [5, 5.41) is 0. The van der Waals surface area contributed by atoms with E-state index in [1.807, 2.05) is 13.8 Å². The number of primary amides is 2. The Morgan fingerprint density at radius 3 is 2.13 bits per heavy atom. The lowest BCUT2D eigenvalue weighted by Gasteiger charge is -2.23. The molecule has 4 N–H and O–H groups in total. The quantitative estimate of drug-likeness (QED) is 0.648. The molecule has 88 valence electrons. The fourth-order valence-corrected chi connectivity index (χ4v) is 1.06. The first-order valence-corrected chi connectivity index (χ1v) is 4.68. The van der Waals surface area contributed by atoms with Crippen LogP contribution in [0.15, 0.2) is 0 Å². The molecule has 2 amide bonds. The molecule has 0 bridgehead atoms. The van der Waals surface area contributed by atoms with Crippen molar-refractivity contribution in [3.8, 4) is 0 Å². The predicted octanol–water partition coefficient (Wildman–Crippen LogP) is 0.983. The van der Waals surface area contributed by atoms with Gasteiger partial charge >= 0.3 is 12.2 Å². The van der Waals surface area contributed by atoms with Gasteiger partial charge in [-0.15, -0.1) is 0 Å². The molecule has 0 heterocycles. The SMILES string of the molecule is CC(C)(CCCOC(N)=O)COC(N)=O. The third-order valence-corrected chi connectivity index (χ3v) is 1.85. The Labute approximate surface area is 88.9 Å². The number of carbonyl (C=O) groups excluding carboxylic acids is 2. The van der Waals surface area contributed by atoms with Crippen LogP contribution in [0.1, 0.15) is 26.7 Å². The zero-order chi connectivity index (χ0) is 11.9. The summed E-state index contributed by atoms with van der Waals surface area (Å²) in [5.74, 6) is 0. The summed E-state index contributed by atoms with van der Waals surface area (Å²) in [6.07, 6.45) is -0.149. The Balaban J connectivity index is 3.64. The third-order valence-electron chi connectivity index (χ3n) is 1.85. The van der Waals surface area contributed by atoms with Gasteiger partial charge in [0.05, 0.1) is 13.2 Å². The zero-order valence-electron chi connectivity index (χ0n) is 9.12. The van der Waals surface area contributed by atoms with E-state index in [1.165, 1.54) is 0 Å². The van der Waals surface area contributed by atoms with Gasteiger partial charge in [0.1, 0.15) is 0 Å². The van der Waals surface area contributed by atoms with Crippen LogP contribution in [0.2, 0.25) is 0 Å². The Morgan fingerprint density at radius 2 is 1.67 bits per heavy atom. The lowest BCUT2D eigenvalue weighted by atomic mass is 9.89. The van der Waals surface area contributed by atoms with Crippen molar-refractivity contribution >= 4 is 12.2 Å². The van der Waals surface area contributed by atoms with Gasteiger partial charge in [0.15, 0.2) is 0 Å². The molecule has 0 aliphatic carbocycles. The molecule has 0 aliphatic heterocycles. The van der Waals surface area contributed by atoms with Gasteiger partial charge < -0.3 is 20.9 Å². The van der Waals surface area contributed by atoms with Crippen LogP contribution in [0, 0.1) is 5.41 Å². The van der Waals surface area contributed by atoms with Gasteiger partial charge in [-0.25, -0.2) is 9.59 Å². The number of hydrogen-bond donors (Lipinski definition) is 2. The molecule has 0 aromatic heterocycles. The lowest BCUT2D eigenvalue weighted by Crippen LogP contribution is -2.25. The monoisotopic (exact) mass is 218 g/mol. The minimum Gasteiger partial charge on any atom is -0.450 e. The number of rotatable bonds is 6. The molecule has 0 radical (unpaired) electrons. The summed E-state index contributed by atoms with van der Waals surface area (Å²) in [5.41, 5.74) is 9.46. The molecule has 0 spiro atoms. The molecule has 0 aliphatic rings. The third kappa shape index (κ3) is 8.86. The van der Waals surface area contributed by atoms with Gasteiger partial charge in [0, 0.05) is 0 Å². The average Bonchev–Trinajstić information content (AvgIpc) is 2.09. The second-order valence-electron chi connectivity index (χ2n) is 4.04. The van der Waals surface area contributed by atoms with Crippen molar-refractivity contribution in [3.63, 3.8) is 0 Å². The van der Waals surface area contributed by atoms with E-state index < -0.39 is 12.2 Å². The summed E-state index contributed by atoms with van der Waals surface area (Å²) in [7, 11) is 0. The zero-order valence-corrected chi connectivity index (χ0v) is 9.12. The van der Waals surface area contributed by atoms with E-state index in [0.717, 1.165) is 6.42 Å². The van der Waals surface area contributed by atoms with Gasteiger partial charge in [-0.3, -0.25) is 0 Å². The Morgan fingerprint density at radius 1 is 1.13 bits per heavy atom. The molecule has 0 atom stereocenters. The van der Waals surface area contributed by atoms with Crippen LogP contribution in [0.5, 0.6) is 0 Å². The number of carbonyl (C=O) groups is 2. The minimum absolute atomic E-state index is 0.184. The Bertz CT molecular complexity index is 228. The summed E-state index contributed by atoms with van der Waals surface area (Å²) >= 11 is 0. The molecule has 0 aromatic carbocycles. The van der Waals surface area contributed by atoms with Crippen molar-refractivity contribution in [3.05, 3.63) is 0 Å². The molecule has 6 heteroatoms. The topological polar surface area (TPSA) is 105 Å². The number of nitrogens with two attached hydrogens (primary N) is 2. The number of ether oxygens (including phenoxy) is 2. The highest BCUT2D eigenvalue weighted by Crippen LogP contribution is 2.22. The van der Waals surface area contributed by atoms with Crippen molar-refractivity contribution in [1.82, 2.24) is 0 Å². The van der Waals surface area contributed by atoms with Crippen LogP contribution >= 0.6 is 0 Å². The molecule has 6 nitrogen and oxygen atoms in total. The van der Waals surface area contributed by atoms with Crippen molar-refractivity contribution in [1.29, 1.82) is 0 Å². The largest absolute Gasteiger partial charge is 0.450 e. The first-order valence-electron chi connectivity index (χ1n) is 4.68. The van der Waals surface area contributed by atoms with Gasteiger partial charge in [0.2, 0.25) is 0 Å². The molecule has 0 fully saturated rings. The molecule has 15 heavy (non-hydrogen) atoms. The van der Waals surface area contributed by atoms with Gasteiger partial charge in [0.25, 0.3) is 0 Å². The highest BCUT2D eigenvalue weighted by molar-refractivity contribution is 5.64. The summed E-state index contributed by atoms with van der Waals surface area (Å²) in [6, 6.07) is 0. The fraction of sp³-hybridized carbons (Fsp3) is 0.778. The average molecular weight is 218 g/mol. The molecular formula is C9H18N2O4. The molecule has 0 saturated heterocycles. The highest BCUT2D eigenvalue weighted by atomic mass is 16.5. The second kappa shape index (κ2) is 6.10. The second-order valence-corrected chi connectivity index (χ2v) is 4.04. The highest BCUT2D eigenvalue weighted by Gasteiger charge is 2.19. The van der Waals surface area contributed by atoms with Crippen LogP contribution in [0.25, 0.3) is 0 Å². The number of amides is 2. The van der Waals surface area contributed by atoms with Crippen molar-refractivity contribution in [2.75, 3.05) is 13.2 Å². The van der Waals surface area contributed by atoms with Crippen LogP contribution in [-0.2, 0) is 9.47 Å². The van der Waals surface area contributed by atoms with Gasteiger partial charge in [-0.2, -0.15) is 0 Å². The van der Waals surface area contributed by atoms with E-state index >= 15 is 0 Å². The van der Waals surface area contributed by atoms with E-state index in [1.54, 1.807) is 0 Å². The maximum atomic E-state index is 10.4. The van der Waals surface area contributed by atoms with E-state index in [4.69, 9.17) is 16.2 Å². The Kier molecular flexibility index (Phi) is 5.51. The molecule has 0 saturated carbocycles. The summed E-state index contributed by atoms with van der Waals surface area (Å²) in [6.45, 7) is 4.38. The van der Waals surface area contributed by atoms with E-state index in [-0.39, 0.29) is 18.6 Å².